The van der Waals surface area contributed by atoms with Gasteiger partial charge in [0.2, 0.25) is 0 Å². The zero-order valence-electron chi connectivity index (χ0n) is 9.30. The number of guanidine groups is 1. The van der Waals surface area contributed by atoms with E-state index >= 15 is 0 Å². The quantitative estimate of drug-likeness (QED) is 0.505. The summed E-state index contributed by atoms with van der Waals surface area (Å²) in [5.41, 5.74) is 5.66. The fourth-order valence-corrected chi connectivity index (χ4v) is 0.760. The lowest BCUT2D eigenvalue weighted by molar-refractivity contribution is 0.546. The topological polar surface area (TPSA) is 50.4 Å². The highest BCUT2D eigenvalue weighted by atomic mass is 15.1. The van der Waals surface area contributed by atoms with Crippen LogP contribution in [0, 0.1) is 11.8 Å². The maximum Gasteiger partial charge on any atom is 0.188 e. The third kappa shape index (κ3) is 7.62. The van der Waals surface area contributed by atoms with E-state index in [2.05, 4.69) is 38.0 Å². The molecule has 0 aliphatic carbocycles. The predicted molar refractivity (Wildman–Crippen MR) is 58.8 cm³/mol. The van der Waals surface area contributed by atoms with Crippen molar-refractivity contribution in [3.05, 3.63) is 0 Å². The van der Waals surface area contributed by atoms with Crippen molar-refractivity contribution < 1.29 is 0 Å². The minimum absolute atomic E-state index is 0.573. The second-order valence-corrected chi connectivity index (χ2v) is 4.01. The van der Waals surface area contributed by atoms with E-state index in [1.807, 2.05) is 0 Å². The minimum atomic E-state index is 0.573. The lowest BCUT2D eigenvalue weighted by Crippen LogP contribution is -2.35. The molecule has 3 nitrogen and oxygen atoms in total. The van der Waals surface area contributed by atoms with Gasteiger partial charge in [0, 0.05) is 13.1 Å². The van der Waals surface area contributed by atoms with Crippen LogP contribution in [-0.4, -0.2) is 19.0 Å². The van der Waals surface area contributed by atoms with E-state index in [1.165, 1.54) is 6.42 Å². The monoisotopic (exact) mass is 185 g/mol. The Morgan fingerprint density at radius 1 is 1.38 bits per heavy atom. The van der Waals surface area contributed by atoms with Gasteiger partial charge in [0.25, 0.3) is 0 Å². The third-order valence-electron chi connectivity index (χ3n) is 1.96. The molecule has 0 radical (unpaired) electrons. The lowest BCUT2D eigenvalue weighted by atomic mass is 10.1. The molecule has 3 heteroatoms. The predicted octanol–water partition coefficient (Wildman–Crippen LogP) is 1.59. The van der Waals surface area contributed by atoms with Crippen molar-refractivity contribution in [2.45, 2.75) is 34.1 Å². The van der Waals surface area contributed by atoms with E-state index in [1.54, 1.807) is 0 Å². The molecule has 13 heavy (non-hydrogen) atoms. The number of nitrogens with two attached hydrogens (primary N) is 1. The molecule has 0 bridgehead atoms. The Labute approximate surface area is 81.8 Å². The smallest absolute Gasteiger partial charge is 0.188 e. The van der Waals surface area contributed by atoms with Gasteiger partial charge in [-0.05, 0) is 11.8 Å². The average molecular weight is 185 g/mol. The lowest BCUT2D eigenvalue weighted by Gasteiger charge is -2.10. The molecule has 0 aliphatic heterocycles. The van der Waals surface area contributed by atoms with Crippen LogP contribution in [-0.2, 0) is 0 Å². The molecule has 1 atom stereocenters. The van der Waals surface area contributed by atoms with Crippen LogP contribution >= 0.6 is 0 Å². The molecule has 78 valence electrons. The Bertz CT molecular complexity index is 152. The molecule has 0 heterocycles. The molecule has 0 aromatic carbocycles. The molecule has 3 N–H and O–H groups in total. The normalized spacial score (nSPS) is 14.7. The Kier molecular flexibility index (Phi) is 6.37. The van der Waals surface area contributed by atoms with Gasteiger partial charge < -0.3 is 11.1 Å². The van der Waals surface area contributed by atoms with E-state index < -0.39 is 0 Å². The molecule has 0 aromatic rings. The van der Waals surface area contributed by atoms with E-state index in [-0.39, 0.29) is 0 Å². The van der Waals surface area contributed by atoms with Crippen LogP contribution < -0.4 is 11.1 Å². The van der Waals surface area contributed by atoms with Crippen LogP contribution in [0.5, 0.6) is 0 Å². The van der Waals surface area contributed by atoms with Gasteiger partial charge in [-0.2, -0.15) is 0 Å². The molecule has 0 aliphatic rings. The van der Waals surface area contributed by atoms with Crippen LogP contribution in [0.25, 0.3) is 0 Å². The Hall–Kier alpha value is -0.730. The highest BCUT2D eigenvalue weighted by molar-refractivity contribution is 5.77. The molecular formula is C10H23N3. The number of nitrogens with zero attached hydrogens (tertiary/aromatic N) is 1. The van der Waals surface area contributed by atoms with Crippen molar-refractivity contribution in [1.29, 1.82) is 0 Å². The standard InChI is InChI=1S/C10H23N3/c1-5-9(4)7-13-10(11)12-6-8(2)3/h8-9H,5-7H2,1-4H3,(H3,11,12,13). The van der Waals surface area contributed by atoms with Crippen molar-refractivity contribution >= 4 is 5.96 Å². The zero-order chi connectivity index (χ0) is 10.3. The SMILES string of the molecule is CCC(C)CNC(N)=NCC(C)C. The molecule has 0 rings (SSSR count). The summed E-state index contributed by atoms with van der Waals surface area (Å²) in [6, 6.07) is 0. The Balaban J connectivity index is 3.60. The van der Waals surface area contributed by atoms with E-state index in [9.17, 15) is 0 Å². The van der Waals surface area contributed by atoms with Crippen molar-refractivity contribution in [3.63, 3.8) is 0 Å². The molecule has 0 saturated carbocycles. The van der Waals surface area contributed by atoms with Gasteiger partial charge in [-0.3, -0.25) is 4.99 Å². The molecule has 1 unspecified atom stereocenters. The molecular weight excluding hydrogens is 162 g/mol. The van der Waals surface area contributed by atoms with Gasteiger partial charge in [-0.15, -0.1) is 0 Å². The van der Waals surface area contributed by atoms with Crippen molar-refractivity contribution in [2.75, 3.05) is 13.1 Å². The summed E-state index contributed by atoms with van der Waals surface area (Å²) in [4.78, 5) is 4.21. The summed E-state index contributed by atoms with van der Waals surface area (Å²) in [5, 5.41) is 3.12. The Morgan fingerprint density at radius 3 is 2.46 bits per heavy atom. The molecule has 0 aromatic heterocycles. The third-order valence-corrected chi connectivity index (χ3v) is 1.96. The van der Waals surface area contributed by atoms with Crippen molar-refractivity contribution in [3.8, 4) is 0 Å². The van der Waals surface area contributed by atoms with Crippen LogP contribution in [0.4, 0.5) is 0 Å². The van der Waals surface area contributed by atoms with Gasteiger partial charge >= 0.3 is 0 Å². The number of aliphatic imine (C=N–C) groups is 1. The summed E-state index contributed by atoms with van der Waals surface area (Å²) in [6.07, 6.45) is 1.17. The van der Waals surface area contributed by atoms with E-state index in [0.717, 1.165) is 13.1 Å². The number of hydrogen-bond donors (Lipinski definition) is 2. The van der Waals surface area contributed by atoms with Crippen LogP contribution in [0.2, 0.25) is 0 Å². The largest absolute Gasteiger partial charge is 0.370 e. The average Bonchev–Trinajstić information content (AvgIpc) is 2.10. The first kappa shape index (κ1) is 12.3. The molecule has 0 spiro atoms. The minimum Gasteiger partial charge on any atom is -0.370 e. The van der Waals surface area contributed by atoms with Gasteiger partial charge in [0.15, 0.2) is 5.96 Å². The zero-order valence-corrected chi connectivity index (χ0v) is 9.30. The maximum atomic E-state index is 5.66. The summed E-state index contributed by atoms with van der Waals surface area (Å²) in [5.74, 6) is 1.81. The maximum absolute atomic E-state index is 5.66. The fraction of sp³-hybridized carbons (Fsp3) is 0.900. The number of hydrogen-bond acceptors (Lipinski definition) is 1. The van der Waals surface area contributed by atoms with Crippen LogP contribution in [0.3, 0.4) is 0 Å². The summed E-state index contributed by atoms with van der Waals surface area (Å²) >= 11 is 0. The Morgan fingerprint density at radius 2 is 2.00 bits per heavy atom. The molecule has 0 fully saturated rings. The van der Waals surface area contributed by atoms with Crippen molar-refractivity contribution in [2.24, 2.45) is 22.6 Å². The number of rotatable bonds is 5. The fourth-order valence-electron chi connectivity index (χ4n) is 0.760. The highest BCUT2D eigenvalue weighted by Crippen LogP contribution is 1.96. The van der Waals surface area contributed by atoms with Crippen LogP contribution in [0.1, 0.15) is 34.1 Å². The van der Waals surface area contributed by atoms with Gasteiger partial charge in [-0.1, -0.05) is 34.1 Å². The first-order valence-electron chi connectivity index (χ1n) is 5.10. The van der Waals surface area contributed by atoms with Gasteiger partial charge in [0.1, 0.15) is 0 Å². The van der Waals surface area contributed by atoms with E-state index in [4.69, 9.17) is 5.73 Å². The number of nitrogens with one attached hydrogen (secondary N) is 1. The van der Waals surface area contributed by atoms with Gasteiger partial charge in [0.05, 0.1) is 0 Å². The molecule has 0 saturated heterocycles. The first-order valence-corrected chi connectivity index (χ1v) is 5.10. The second-order valence-electron chi connectivity index (χ2n) is 4.01. The van der Waals surface area contributed by atoms with Crippen LogP contribution in [0.15, 0.2) is 4.99 Å². The van der Waals surface area contributed by atoms with E-state index in [0.29, 0.717) is 17.8 Å². The first-order chi connectivity index (χ1) is 6.06. The summed E-state index contributed by atoms with van der Waals surface area (Å²) in [7, 11) is 0. The summed E-state index contributed by atoms with van der Waals surface area (Å²) < 4.78 is 0. The van der Waals surface area contributed by atoms with Crippen molar-refractivity contribution in [1.82, 2.24) is 5.32 Å². The molecule has 0 amide bonds. The highest BCUT2D eigenvalue weighted by Gasteiger charge is 1.98. The van der Waals surface area contributed by atoms with Gasteiger partial charge in [-0.25, -0.2) is 0 Å². The second kappa shape index (κ2) is 6.75. The summed E-state index contributed by atoms with van der Waals surface area (Å²) in [6.45, 7) is 10.4.